The van der Waals surface area contributed by atoms with E-state index in [1.165, 1.54) is 0 Å². The quantitative estimate of drug-likeness (QED) is 0.193. The summed E-state index contributed by atoms with van der Waals surface area (Å²) in [6.07, 6.45) is 1.04. The standard InChI is InChI=1S/C10H23N3.C9H20N2O.2C9H20N2.C8H17NO.C7H17N/c1-10(2,3)8-13(7)9(11-4)12(5)6;1-9(2,3)7-11(6)8(12)10(4)5;1-9(2,3)7-8(10-4)11(5)6;1-8(11(5)6)10-7-9(2,3)4;1-7(10)9(5)6-8(2,3)4;1-7(2,3)6-8(4)5/h8H2,1-7H3;7H2,1-6H3;2*7H2,1-6H3;6H2,1-5H3;6H2,1-5H3. The molecule has 0 spiro atoms. The number of rotatable bonds is 6. The second kappa shape index (κ2) is 33.4. The first-order valence-corrected chi connectivity index (χ1v) is 23.4. The van der Waals surface area contributed by atoms with Crippen molar-refractivity contribution in [2.75, 3.05) is 138 Å². The van der Waals surface area contributed by atoms with Crippen LogP contribution < -0.4 is 0 Å². The average Bonchev–Trinajstić information content (AvgIpc) is 3.02. The van der Waals surface area contributed by atoms with Crippen LogP contribution in [0.1, 0.15) is 145 Å². The van der Waals surface area contributed by atoms with Gasteiger partial charge in [-0.25, -0.2) is 4.79 Å². The van der Waals surface area contributed by atoms with E-state index in [0.717, 1.165) is 56.8 Å². The number of aliphatic imine (C=N–C) groups is 3. The van der Waals surface area contributed by atoms with Crippen molar-refractivity contribution >= 4 is 29.6 Å². The van der Waals surface area contributed by atoms with E-state index in [9.17, 15) is 9.59 Å². The zero-order valence-electron chi connectivity index (χ0n) is 50.5. The van der Waals surface area contributed by atoms with Crippen molar-refractivity contribution in [3.63, 3.8) is 0 Å². The van der Waals surface area contributed by atoms with E-state index in [-0.39, 0.29) is 22.8 Å². The van der Waals surface area contributed by atoms with Crippen LogP contribution in [0.15, 0.2) is 15.0 Å². The van der Waals surface area contributed by atoms with Crippen LogP contribution in [-0.4, -0.2) is 207 Å². The van der Waals surface area contributed by atoms with E-state index in [2.05, 4.69) is 175 Å². The Bertz CT molecular complexity index is 1320. The molecule has 0 saturated heterocycles. The van der Waals surface area contributed by atoms with Crippen molar-refractivity contribution < 1.29 is 9.59 Å². The minimum absolute atomic E-state index is 0.0601. The minimum atomic E-state index is 0.0601. The van der Waals surface area contributed by atoms with Crippen LogP contribution in [0.3, 0.4) is 0 Å². The van der Waals surface area contributed by atoms with Crippen molar-refractivity contribution in [2.24, 2.45) is 47.5 Å². The maximum absolute atomic E-state index is 11.4. The summed E-state index contributed by atoms with van der Waals surface area (Å²) in [5, 5.41) is 0. The minimum Gasteiger partial charge on any atom is -0.367 e. The molecule has 0 aliphatic carbocycles. The third-order valence-corrected chi connectivity index (χ3v) is 8.01. The normalized spacial score (nSPS) is 12.5. The van der Waals surface area contributed by atoms with Crippen LogP contribution in [0, 0.1) is 32.5 Å². The summed E-state index contributed by atoms with van der Waals surface area (Å²) in [7, 11) is 29.3. The molecule has 0 rings (SSSR count). The highest BCUT2D eigenvalue weighted by Crippen LogP contribution is 2.20. The Kier molecular flexibility index (Phi) is 37.8. The molecular weight excluding hydrogens is 811 g/mol. The summed E-state index contributed by atoms with van der Waals surface area (Å²) in [6.45, 7) is 47.7. The van der Waals surface area contributed by atoms with Crippen LogP contribution in [0.2, 0.25) is 0 Å². The SMILES string of the molecule is CC(=NCC(C)(C)C)N(C)C.CC(=O)N(C)CC(C)(C)C.CN(C)C(=O)N(C)CC(C)(C)C.CN(C)CC(C)(C)C.CN=C(CC(C)(C)C)N(C)C.CN=C(N(C)C)N(C)CC(C)(C)C. The van der Waals surface area contributed by atoms with Crippen LogP contribution in [0.4, 0.5) is 4.79 Å². The van der Waals surface area contributed by atoms with Gasteiger partial charge in [-0.1, -0.05) is 125 Å². The molecule has 3 amide bonds. The molecule has 0 aliphatic heterocycles. The second-order valence-electron chi connectivity index (χ2n) is 25.8. The second-order valence-corrected chi connectivity index (χ2v) is 25.8. The van der Waals surface area contributed by atoms with Crippen molar-refractivity contribution in [1.82, 2.24) is 39.2 Å². The van der Waals surface area contributed by atoms with Gasteiger partial charge in [0.25, 0.3) is 0 Å². The number of carbonyl (C=O) groups is 2. The molecule has 0 heterocycles. The van der Waals surface area contributed by atoms with E-state index in [4.69, 9.17) is 0 Å². The molecule has 0 saturated carbocycles. The van der Waals surface area contributed by atoms with E-state index >= 15 is 0 Å². The smallest absolute Gasteiger partial charge is 0.319 e. The molecule has 13 nitrogen and oxygen atoms in total. The Balaban J connectivity index is -0.000000162. The molecule has 0 aromatic heterocycles. The lowest BCUT2D eigenvalue weighted by Crippen LogP contribution is -2.42. The Morgan fingerprint density at radius 2 is 0.754 bits per heavy atom. The predicted octanol–water partition coefficient (Wildman–Crippen LogP) is 10.3. The first-order valence-electron chi connectivity index (χ1n) is 23.4. The highest BCUT2D eigenvalue weighted by Gasteiger charge is 2.19. The number of carbonyl (C=O) groups excluding carboxylic acids is 2. The molecule has 13 heteroatoms. The number of hydrogen-bond acceptors (Lipinski definition) is 6. The molecule has 0 radical (unpaired) electrons. The van der Waals surface area contributed by atoms with Gasteiger partial charge in [0.1, 0.15) is 0 Å². The van der Waals surface area contributed by atoms with Gasteiger partial charge < -0.3 is 39.2 Å². The van der Waals surface area contributed by atoms with Crippen molar-refractivity contribution in [1.29, 1.82) is 0 Å². The number of guanidine groups is 1. The van der Waals surface area contributed by atoms with Gasteiger partial charge in [-0.15, -0.1) is 0 Å². The molecule has 65 heavy (non-hydrogen) atoms. The van der Waals surface area contributed by atoms with Crippen LogP contribution in [0.5, 0.6) is 0 Å². The third-order valence-electron chi connectivity index (χ3n) is 8.01. The Hall–Kier alpha value is -3.09. The zero-order valence-corrected chi connectivity index (χ0v) is 50.5. The summed E-state index contributed by atoms with van der Waals surface area (Å²) in [5.41, 5.74) is 1.77. The summed E-state index contributed by atoms with van der Waals surface area (Å²) < 4.78 is 0. The molecule has 0 aromatic carbocycles. The van der Waals surface area contributed by atoms with Gasteiger partial charge in [0.05, 0.1) is 11.7 Å². The molecule has 0 aliphatic rings. The molecule has 0 aromatic rings. The zero-order chi connectivity index (χ0) is 53.9. The molecule has 0 unspecified atom stereocenters. The predicted molar refractivity (Wildman–Crippen MR) is 293 cm³/mol. The van der Waals surface area contributed by atoms with Crippen molar-refractivity contribution in [3.05, 3.63) is 0 Å². The van der Waals surface area contributed by atoms with Crippen LogP contribution in [-0.2, 0) is 4.79 Å². The van der Waals surface area contributed by atoms with Crippen LogP contribution in [0.25, 0.3) is 0 Å². The molecule has 392 valence electrons. The fourth-order valence-electron chi connectivity index (χ4n) is 5.79. The van der Waals surface area contributed by atoms with Gasteiger partial charge in [0.2, 0.25) is 5.91 Å². The summed E-state index contributed by atoms with van der Waals surface area (Å²) in [5.74, 6) is 3.42. The van der Waals surface area contributed by atoms with Gasteiger partial charge in [-0.3, -0.25) is 19.8 Å². The summed E-state index contributed by atoms with van der Waals surface area (Å²) in [6, 6.07) is 0.0601. The van der Waals surface area contributed by atoms with Gasteiger partial charge >= 0.3 is 6.03 Å². The van der Waals surface area contributed by atoms with Gasteiger partial charge in [0, 0.05) is 138 Å². The third kappa shape index (κ3) is 58.9. The number of urea groups is 1. The first kappa shape index (κ1) is 73.5. The number of amides is 3. The van der Waals surface area contributed by atoms with E-state index < -0.39 is 0 Å². The maximum atomic E-state index is 11.4. The topological polar surface area (TPSA) is 97.1 Å². The average molecular weight is 929 g/mol. The lowest BCUT2D eigenvalue weighted by molar-refractivity contribution is -0.128. The largest absolute Gasteiger partial charge is 0.367 e. The van der Waals surface area contributed by atoms with Crippen LogP contribution >= 0.6 is 0 Å². The number of nitrogens with zero attached hydrogens (tertiary/aromatic N) is 11. The van der Waals surface area contributed by atoms with Gasteiger partial charge in [-0.05, 0) is 53.5 Å². The lowest BCUT2D eigenvalue weighted by atomic mass is 9.91. The highest BCUT2D eigenvalue weighted by molar-refractivity contribution is 5.82. The lowest BCUT2D eigenvalue weighted by Gasteiger charge is -2.31. The van der Waals surface area contributed by atoms with E-state index in [0.29, 0.717) is 21.7 Å². The molecule has 0 N–H and O–H groups in total. The maximum Gasteiger partial charge on any atom is 0.319 e. The van der Waals surface area contributed by atoms with Crippen molar-refractivity contribution in [3.8, 4) is 0 Å². The fraction of sp³-hybridized carbons (Fsp3) is 0.904. The Labute approximate surface area is 407 Å². The first-order chi connectivity index (χ1) is 28.4. The molecule has 0 bridgehead atoms. The van der Waals surface area contributed by atoms with Gasteiger partial charge in [0.15, 0.2) is 5.96 Å². The highest BCUT2D eigenvalue weighted by atomic mass is 16.2. The Morgan fingerprint density at radius 3 is 0.923 bits per heavy atom. The number of amidine groups is 2. The van der Waals surface area contributed by atoms with E-state index in [1.807, 2.05) is 87.2 Å². The molecular formula is C52H117N11O2. The molecule has 0 fully saturated rings. The summed E-state index contributed by atoms with van der Waals surface area (Å²) in [4.78, 5) is 50.6. The summed E-state index contributed by atoms with van der Waals surface area (Å²) >= 11 is 0. The molecule has 0 atom stereocenters. The van der Waals surface area contributed by atoms with E-state index in [1.54, 1.807) is 35.7 Å². The van der Waals surface area contributed by atoms with Crippen molar-refractivity contribution in [2.45, 2.75) is 145 Å². The monoisotopic (exact) mass is 928 g/mol. The fourth-order valence-corrected chi connectivity index (χ4v) is 5.79. The van der Waals surface area contributed by atoms with Gasteiger partial charge in [-0.2, -0.15) is 0 Å². The Morgan fingerprint density at radius 1 is 0.400 bits per heavy atom. The number of hydrogen-bond donors (Lipinski definition) is 0.